The Balaban J connectivity index is 1.43. The number of rotatable bonds is 12. The summed E-state index contributed by atoms with van der Waals surface area (Å²) in [6.07, 6.45) is 5.89. The van der Waals surface area contributed by atoms with E-state index < -0.39 is 0 Å². The topological polar surface area (TPSA) is 101 Å². The van der Waals surface area contributed by atoms with Gasteiger partial charge >= 0.3 is 0 Å². The fourth-order valence-electron chi connectivity index (χ4n) is 3.82. The maximum absolute atomic E-state index is 12.9. The molecule has 1 amide bonds. The zero-order chi connectivity index (χ0) is 25.2. The summed E-state index contributed by atoms with van der Waals surface area (Å²) in [5.41, 5.74) is 4.72. The summed E-state index contributed by atoms with van der Waals surface area (Å²) in [5, 5.41) is 14.8. The maximum atomic E-state index is 12.9. The summed E-state index contributed by atoms with van der Waals surface area (Å²) in [6.45, 7) is 5.43. The van der Waals surface area contributed by atoms with Gasteiger partial charge in [0.05, 0.1) is 28.2 Å². The monoisotopic (exact) mass is 485 g/mol. The van der Waals surface area contributed by atoms with E-state index in [0.29, 0.717) is 31.7 Å². The van der Waals surface area contributed by atoms with E-state index >= 15 is 0 Å². The minimum Gasteiger partial charge on any atom is -0.355 e. The lowest BCUT2D eigenvalue weighted by molar-refractivity contribution is -0.138. The average molecular weight is 486 g/mol. The largest absolute Gasteiger partial charge is 0.355 e. The molecule has 0 atom stereocenters. The van der Waals surface area contributed by atoms with E-state index in [-0.39, 0.29) is 12.2 Å². The highest BCUT2D eigenvalue weighted by molar-refractivity contribution is 6.00. The van der Waals surface area contributed by atoms with Crippen LogP contribution in [0.2, 0.25) is 0 Å². The van der Waals surface area contributed by atoms with Gasteiger partial charge in [0.1, 0.15) is 0 Å². The second kappa shape index (κ2) is 12.6. The standard InChI is InChI=1S/C28H31N5O3/c1-3-35-27(36-4-2)16-18-30-28(34)23-10-5-6-11-24(23)31-21-12-14-22-25(32-33-26(22)19-21)15-13-20-9-7-8-17-29-20/h5-15,17,19,27,31H,3-4,16,18H2,1-2H3,(H,30,34)(H,32,33)/b15-13+. The van der Waals surface area contributed by atoms with E-state index in [4.69, 9.17) is 9.47 Å². The molecule has 0 aliphatic heterocycles. The Morgan fingerprint density at radius 1 is 1.03 bits per heavy atom. The maximum Gasteiger partial charge on any atom is 0.253 e. The molecule has 0 radical (unpaired) electrons. The normalized spacial score (nSPS) is 11.4. The molecule has 186 valence electrons. The van der Waals surface area contributed by atoms with Gasteiger partial charge in [-0.1, -0.05) is 18.2 Å². The fourth-order valence-corrected chi connectivity index (χ4v) is 3.82. The molecular formula is C28H31N5O3. The summed E-state index contributed by atoms with van der Waals surface area (Å²) >= 11 is 0. The molecule has 4 rings (SSSR count). The number of hydrogen-bond acceptors (Lipinski definition) is 6. The molecule has 0 aliphatic rings. The number of hydrogen-bond donors (Lipinski definition) is 3. The van der Waals surface area contributed by atoms with Crippen molar-refractivity contribution < 1.29 is 14.3 Å². The molecule has 2 heterocycles. The van der Waals surface area contributed by atoms with Crippen molar-refractivity contribution in [3.8, 4) is 0 Å². The lowest BCUT2D eigenvalue weighted by Crippen LogP contribution is -2.29. The Bertz CT molecular complexity index is 1300. The number of pyridine rings is 1. The number of benzene rings is 2. The SMILES string of the molecule is CCOC(CCNC(=O)c1ccccc1Nc1ccc2c(/C=C/c3ccccn3)n[nH]c2c1)OCC. The van der Waals surface area contributed by atoms with Crippen molar-refractivity contribution in [2.75, 3.05) is 25.1 Å². The van der Waals surface area contributed by atoms with Gasteiger partial charge in [0.2, 0.25) is 0 Å². The van der Waals surface area contributed by atoms with Gasteiger partial charge < -0.3 is 20.1 Å². The molecule has 4 aromatic rings. The zero-order valence-corrected chi connectivity index (χ0v) is 20.5. The van der Waals surface area contributed by atoms with Gasteiger partial charge in [-0.3, -0.25) is 14.9 Å². The van der Waals surface area contributed by atoms with Crippen molar-refractivity contribution in [2.45, 2.75) is 26.6 Å². The lowest BCUT2D eigenvalue weighted by atomic mass is 10.1. The number of carbonyl (C=O) groups excluding carboxylic acids is 1. The highest BCUT2D eigenvalue weighted by Crippen LogP contribution is 2.26. The Morgan fingerprint density at radius 2 is 1.83 bits per heavy atom. The second-order valence-electron chi connectivity index (χ2n) is 8.01. The number of H-pyrrole nitrogens is 1. The first-order chi connectivity index (χ1) is 17.7. The van der Waals surface area contributed by atoms with E-state index in [9.17, 15) is 4.79 Å². The van der Waals surface area contributed by atoms with Crippen LogP contribution in [0, 0.1) is 0 Å². The predicted molar refractivity (Wildman–Crippen MR) is 143 cm³/mol. The first kappa shape index (κ1) is 25.1. The van der Waals surface area contributed by atoms with Crippen LogP contribution in [-0.2, 0) is 9.47 Å². The van der Waals surface area contributed by atoms with E-state index in [2.05, 4.69) is 25.8 Å². The van der Waals surface area contributed by atoms with Gasteiger partial charge in [-0.05, 0) is 68.5 Å². The number of nitrogens with one attached hydrogen (secondary N) is 3. The Hall–Kier alpha value is -4.01. The number of carbonyl (C=O) groups is 1. The molecule has 0 fully saturated rings. The summed E-state index contributed by atoms with van der Waals surface area (Å²) in [4.78, 5) is 17.2. The average Bonchev–Trinajstić information content (AvgIpc) is 3.31. The third-order valence-electron chi connectivity index (χ3n) is 5.51. The van der Waals surface area contributed by atoms with E-state index in [0.717, 1.165) is 33.7 Å². The molecule has 0 bridgehead atoms. The van der Waals surface area contributed by atoms with Crippen molar-refractivity contribution in [2.24, 2.45) is 0 Å². The second-order valence-corrected chi connectivity index (χ2v) is 8.01. The van der Waals surface area contributed by atoms with E-state index in [1.54, 1.807) is 12.3 Å². The summed E-state index contributed by atoms with van der Waals surface area (Å²) in [5.74, 6) is -0.158. The van der Waals surface area contributed by atoms with E-state index in [1.807, 2.05) is 80.6 Å². The van der Waals surface area contributed by atoms with Crippen LogP contribution < -0.4 is 10.6 Å². The van der Waals surface area contributed by atoms with Crippen molar-refractivity contribution in [1.29, 1.82) is 0 Å². The molecule has 2 aromatic heterocycles. The number of nitrogens with zero attached hydrogens (tertiary/aromatic N) is 2. The van der Waals surface area contributed by atoms with Crippen LogP contribution in [0.3, 0.4) is 0 Å². The smallest absolute Gasteiger partial charge is 0.253 e. The summed E-state index contributed by atoms with van der Waals surface area (Å²) in [7, 11) is 0. The molecule has 8 nitrogen and oxygen atoms in total. The number of para-hydroxylation sites is 1. The number of amides is 1. The van der Waals surface area contributed by atoms with Gasteiger partial charge in [0, 0.05) is 43.4 Å². The zero-order valence-electron chi connectivity index (χ0n) is 20.5. The third kappa shape index (κ3) is 6.56. The first-order valence-corrected chi connectivity index (χ1v) is 12.1. The van der Waals surface area contributed by atoms with Crippen LogP contribution in [0.15, 0.2) is 66.9 Å². The predicted octanol–water partition coefficient (Wildman–Crippen LogP) is 5.39. The summed E-state index contributed by atoms with van der Waals surface area (Å²) in [6, 6.07) is 19.2. The number of ether oxygens (including phenoxy) is 2. The number of fused-ring (bicyclic) bond motifs is 1. The van der Waals surface area contributed by atoms with Crippen molar-refractivity contribution >= 4 is 40.3 Å². The van der Waals surface area contributed by atoms with Gasteiger partial charge in [0.15, 0.2) is 6.29 Å². The molecule has 8 heteroatoms. The molecular weight excluding hydrogens is 454 g/mol. The molecule has 0 aliphatic carbocycles. The van der Waals surface area contributed by atoms with Gasteiger partial charge in [-0.15, -0.1) is 0 Å². The van der Waals surface area contributed by atoms with E-state index in [1.165, 1.54) is 0 Å². The highest BCUT2D eigenvalue weighted by Gasteiger charge is 2.13. The molecule has 0 spiro atoms. The molecule has 0 unspecified atom stereocenters. The van der Waals surface area contributed by atoms with Crippen LogP contribution in [0.5, 0.6) is 0 Å². The minimum atomic E-state index is -0.321. The van der Waals surface area contributed by atoms with Crippen LogP contribution >= 0.6 is 0 Å². The van der Waals surface area contributed by atoms with Crippen LogP contribution in [0.25, 0.3) is 23.1 Å². The lowest BCUT2D eigenvalue weighted by Gasteiger charge is -2.17. The molecule has 0 saturated carbocycles. The van der Waals surface area contributed by atoms with Crippen molar-refractivity contribution in [3.05, 3.63) is 83.8 Å². The Labute approximate surface area is 210 Å². The third-order valence-corrected chi connectivity index (χ3v) is 5.51. The summed E-state index contributed by atoms with van der Waals surface area (Å²) < 4.78 is 11.1. The van der Waals surface area contributed by atoms with Gasteiger partial charge in [0.25, 0.3) is 5.91 Å². The van der Waals surface area contributed by atoms with Crippen LogP contribution in [0.1, 0.15) is 42.0 Å². The van der Waals surface area contributed by atoms with Gasteiger partial charge in [-0.25, -0.2) is 0 Å². The molecule has 2 aromatic carbocycles. The quantitative estimate of drug-likeness (QED) is 0.233. The molecule has 3 N–H and O–H groups in total. The van der Waals surface area contributed by atoms with Gasteiger partial charge in [-0.2, -0.15) is 5.10 Å². The van der Waals surface area contributed by atoms with Crippen molar-refractivity contribution in [3.63, 3.8) is 0 Å². The Kier molecular flexibility index (Phi) is 8.80. The number of aromatic nitrogens is 3. The Morgan fingerprint density at radius 3 is 2.61 bits per heavy atom. The van der Waals surface area contributed by atoms with Crippen molar-refractivity contribution in [1.82, 2.24) is 20.5 Å². The van der Waals surface area contributed by atoms with Crippen LogP contribution in [0.4, 0.5) is 11.4 Å². The minimum absolute atomic E-state index is 0.158. The first-order valence-electron chi connectivity index (χ1n) is 12.1. The van der Waals surface area contributed by atoms with Crippen LogP contribution in [-0.4, -0.2) is 47.1 Å². The fraction of sp³-hybridized carbons (Fsp3) is 0.250. The highest BCUT2D eigenvalue weighted by atomic mass is 16.7. The number of anilines is 2. The molecule has 0 saturated heterocycles. The number of aromatic amines is 1. The molecule has 36 heavy (non-hydrogen) atoms.